The van der Waals surface area contributed by atoms with Gasteiger partial charge in [0.05, 0.1) is 0 Å². The van der Waals surface area contributed by atoms with Gasteiger partial charge in [0, 0.05) is 30.9 Å². The van der Waals surface area contributed by atoms with E-state index in [1.165, 1.54) is 0 Å². The largest absolute Gasteiger partial charge is 0.354 e. The van der Waals surface area contributed by atoms with Crippen LogP contribution in [0.1, 0.15) is 31.2 Å². The molecule has 9 heteroatoms. The zero-order valence-electron chi connectivity index (χ0n) is 17.0. The minimum atomic E-state index is -0.604. The van der Waals surface area contributed by atoms with Crippen LogP contribution in [0.5, 0.6) is 0 Å². The molecule has 1 aliphatic rings. The molecule has 2 aromatic heterocycles. The summed E-state index contributed by atoms with van der Waals surface area (Å²) < 4.78 is 7.09. The molecule has 3 heterocycles. The van der Waals surface area contributed by atoms with Crippen LogP contribution in [0.15, 0.2) is 47.2 Å². The first kappa shape index (κ1) is 22.0. The van der Waals surface area contributed by atoms with Crippen LogP contribution in [-0.2, 0) is 23.2 Å². The maximum absolute atomic E-state index is 13.1. The summed E-state index contributed by atoms with van der Waals surface area (Å²) in [5, 5.41) is 14.7. The van der Waals surface area contributed by atoms with E-state index in [4.69, 9.17) is 4.52 Å². The Morgan fingerprint density at radius 3 is 2.67 bits per heavy atom. The fourth-order valence-corrected chi connectivity index (χ4v) is 3.74. The van der Waals surface area contributed by atoms with Crippen LogP contribution in [-0.4, -0.2) is 45.5 Å². The van der Waals surface area contributed by atoms with Crippen molar-refractivity contribution >= 4 is 18.3 Å². The van der Waals surface area contributed by atoms with Gasteiger partial charge in [-0.05, 0) is 56.1 Å². The summed E-state index contributed by atoms with van der Waals surface area (Å²) in [5.41, 5.74) is 1.44. The van der Waals surface area contributed by atoms with Gasteiger partial charge >= 0.3 is 0 Å². The zero-order valence-corrected chi connectivity index (χ0v) is 17.8. The van der Waals surface area contributed by atoms with Crippen LogP contribution in [0.25, 0.3) is 11.5 Å². The van der Waals surface area contributed by atoms with Crippen molar-refractivity contribution in [3.05, 3.63) is 54.1 Å². The molecule has 0 aliphatic carbocycles. The average Bonchev–Trinajstić information content (AvgIpc) is 3.47. The Bertz CT molecular complexity index is 933. The molecule has 2 N–H and O–H groups in total. The number of benzene rings is 1. The third-order valence-corrected chi connectivity index (χ3v) is 5.48. The molecule has 30 heavy (non-hydrogen) atoms. The van der Waals surface area contributed by atoms with Crippen molar-refractivity contribution in [2.45, 2.75) is 38.1 Å². The predicted octanol–water partition coefficient (Wildman–Crippen LogP) is 2.35. The molecule has 1 aliphatic heterocycles. The minimum absolute atomic E-state index is 0. The molecule has 0 atom stereocenters. The van der Waals surface area contributed by atoms with Crippen LogP contribution >= 0.6 is 12.4 Å². The molecular formula is C21H27ClN6O2. The molecule has 1 saturated heterocycles. The molecule has 8 nitrogen and oxygen atoms in total. The first-order chi connectivity index (χ1) is 14.2. The number of aromatic nitrogens is 4. The second kappa shape index (κ2) is 9.86. The lowest BCUT2D eigenvalue weighted by molar-refractivity contribution is -0.131. The molecule has 1 amide bonds. The number of aryl methyl sites for hydroxylation is 1. The molecule has 0 radical (unpaired) electrons. The number of piperidine rings is 1. The Labute approximate surface area is 181 Å². The summed E-state index contributed by atoms with van der Waals surface area (Å²) in [7, 11) is 0. The molecule has 1 aromatic carbocycles. The molecule has 0 spiro atoms. The van der Waals surface area contributed by atoms with Crippen LogP contribution in [0.4, 0.5) is 0 Å². The van der Waals surface area contributed by atoms with Gasteiger partial charge in [0.25, 0.3) is 5.89 Å². The molecular weight excluding hydrogens is 404 g/mol. The molecule has 3 aromatic rings. The SMILES string of the molecule is CCc1noc(-c2ccc(CCNC(=O)C3(n4cccn4)CCNCC3)cc2)n1.Cl. The van der Waals surface area contributed by atoms with Gasteiger partial charge in [-0.3, -0.25) is 9.48 Å². The number of carbonyl (C=O) groups is 1. The van der Waals surface area contributed by atoms with Crippen molar-refractivity contribution in [3.63, 3.8) is 0 Å². The first-order valence-corrected chi connectivity index (χ1v) is 10.1. The van der Waals surface area contributed by atoms with Gasteiger partial charge in [-0.2, -0.15) is 10.1 Å². The van der Waals surface area contributed by atoms with E-state index in [1.54, 1.807) is 6.20 Å². The Hall–Kier alpha value is -2.71. The van der Waals surface area contributed by atoms with Crippen molar-refractivity contribution in [3.8, 4) is 11.5 Å². The monoisotopic (exact) mass is 430 g/mol. The van der Waals surface area contributed by atoms with Crippen molar-refractivity contribution in [1.29, 1.82) is 0 Å². The number of nitrogens with zero attached hydrogens (tertiary/aromatic N) is 4. The van der Waals surface area contributed by atoms with Crippen molar-refractivity contribution in [2.75, 3.05) is 19.6 Å². The van der Waals surface area contributed by atoms with E-state index in [-0.39, 0.29) is 18.3 Å². The normalized spacial score (nSPS) is 15.4. The highest BCUT2D eigenvalue weighted by atomic mass is 35.5. The summed E-state index contributed by atoms with van der Waals surface area (Å²) in [5.74, 6) is 1.28. The number of halogens is 1. The Kier molecular flexibility index (Phi) is 7.23. The molecule has 0 unspecified atom stereocenters. The van der Waals surface area contributed by atoms with Gasteiger partial charge in [0.15, 0.2) is 5.82 Å². The highest BCUT2D eigenvalue weighted by Gasteiger charge is 2.41. The van der Waals surface area contributed by atoms with Gasteiger partial charge in [-0.25, -0.2) is 0 Å². The summed E-state index contributed by atoms with van der Waals surface area (Å²) in [6.45, 7) is 4.19. The highest BCUT2D eigenvalue weighted by molar-refractivity contribution is 5.85. The van der Waals surface area contributed by atoms with E-state index in [2.05, 4.69) is 25.9 Å². The number of carbonyl (C=O) groups excluding carboxylic acids is 1. The van der Waals surface area contributed by atoms with Crippen LogP contribution < -0.4 is 10.6 Å². The summed E-state index contributed by atoms with van der Waals surface area (Å²) in [6, 6.07) is 9.88. The second-order valence-electron chi connectivity index (χ2n) is 7.30. The maximum atomic E-state index is 13.1. The topological polar surface area (TPSA) is 97.9 Å². The highest BCUT2D eigenvalue weighted by Crippen LogP contribution is 2.27. The van der Waals surface area contributed by atoms with Crippen molar-refractivity contribution in [2.24, 2.45) is 0 Å². The molecule has 4 rings (SSSR count). The Balaban J connectivity index is 0.00000256. The molecule has 1 fully saturated rings. The lowest BCUT2D eigenvalue weighted by Crippen LogP contribution is -2.54. The van der Waals surface area contributed by atoms with Gasteiger partial charge in [-0.15, -0.1) is 12.4 Å². The number of nitrogens with one attached hydrogen (secondary N) is 2. The standard InChI is InChI=1S/C21H26N6O2.ClH/c1-2-18-25-19(29-26-18)17-6-4-16(5-7-17)8-12-23-20(28)21(9-13-22-14-10-21)27-15-3-11-24-27;/h3-7,11,15,22H,2,8-10,12-14H2,1H3,(H,23,28);1H. The van der Waals surface area contributed by atoms with E-state index in [0.717, 1.165) is 49.9 Å². The molecule has 0 saturated carbocycles. The van der Waals surface area contributed by atoms with E-state index in [9.17, 15) is 4.79 Å². The van der Waals surface area contributed by atoms with Crippen molar-refractivity contribution in [1.82, 2.24) is 30.6 Å². The van der Waals surface area contributed by atoms with Gasteiger partial charge in [0.2, 0.25) is 5.91 Å². The third kappa shape index (κ3) is 4.55. The summed E-state index contributed by atoms with van der Waals surface area (Å²) in [4.78, 5) is 17.4. The fraction of sp³-hybridized carbons (Fsp3) is 0.429. The van der Waals surface area contributed by atoms with Crippen molar-refractivity contribution < 1.29 is 9.32 Å². The van der Waals surface area contributed by atoms with Crippen LogP contribution in [0.2, 0.25) is 0 Å². The van der Waals surface area contributed by atoms with E-state index >= 15 is 0 Å². The van der Waals surface area contributed by atoms with Crippen LogP contribution in [0.3, 0.4) is 0 Å². The number of rotatable bonds is 7. The number of amides is 1. The Morgan fingerprint density at radius 2 is 2.03 bits per heavy atom. The second-order valence-corrected chi connectivity index (χ2v) is 7.30. The maximum Gasteiger partial charge on any atom is 0.257 e. The lowest BCUT2D eigenvalue weighted by Gasteiger charge is -2.36. The number of hydrogen-bond acceptors (Lipinski definition) is 6. The van der Waals surface area contributed by atoms with E-state index < -0.39 is 5.54 Å². The zero-order chi connectivity index (χ0) is 20.1. The van der Waals surface area contributed by atoms with Gasteiger partial charge in [0.1, 0.15) is 5.54 Å². The van der Waals surface area contributed by atoms with Gasteiger partial charge < -0.3 is 15.2 Å². The lowest BCUT2D eigenvalue weighted by atomic mass is 9.87. The van der Waals surface area contributed by atoms with Crippen LogP contribution in [0, 0.1) is 0 Å². The summed E-state index contributed by atoms with van der Waals surface area (Å²) in [6.07, 6.45) is 6.58. The van der Waals surface area contributed by atoms with E-state index in [0.29, 0.717) is 18.3 Å². The predicted molar refractivity (Wildman–Crippen MR) is 115 cm³/mol. The quantitative estimate of drug-likeness (QED) is 0.597. The van der Waals surface area contributed by atoms with E-state index in [1.807, 2.05) is 48.1 Å². The average molecular weight is 431 g/mol. The summed E-state index contributed by atoms with van der Waals surface area (Å²) >= 11 is 0. The fourth-order valence-electron chi connectivity index (χ4n) is 3.74. The smallest absolute Gasteiger partial charge is 0.257 e. The molecule has 0 bridgehead atoms. The Morgan fingerprint density at radius 1 is 1.27 bits per heavy atom. The minimum Gasteiger partial charge on any atom is -0.354 e. The number of hydrogen-bond donors (Lipinski definition) is 2. The molecule has 160 valence electrons. The third-order valence-electron chi connectivity index (χ3n) is 5.48. The first-order valence-electron chi connectivity index (χ1n) is 10.1. The van der Waals surface area contributed by atoms with Gasteiger partial charge in [-0.1, -0.05) is 24.2 Å².